The van der Waals surface area contributed by atoms with E-state index < -0.39 is 0 Å². The summed E-state index contributed by atoms with van der Waals surface area (Å²) in [6.07, 6.45) is 0. The third-order valence-electron chi connectivity index (χ3n) is 2.96. The van der Waals surface area contributed by atoms with Crippen LogP contribution in [0.15, 0.2) is 23.0 Å². The minimum atomic E-state index is -0.131. The maximum Gasteiger partial charge on any atom is 0.262 e. The molecule has 88 valence electrons. The van der Waals surface area contributed by atoms with Gasteiger partial charge in [0.05, 0.1) is 22.0 Å². The van der Waals surface area contributed by atoms with Crippen molar-refractivity contribution in [2.24, 2.45) is 0 Å². The fourth-order valence-corrected chi connectivity index (χ4v) is 2.45. The summed E-state index contributed by atoms with van der Waals surface area (Å²) in [4.78, 5) is 16.5. The molecular weight excluding hydrogens is 261 g/mol. The molecule has 1 aliphatic heterocycles. The van der Waals surface area contributed by atoms with Crippen LogP contribution < -0.4 is 10.9 Å². The molecule has 0 aliphatic carbocycles. The molecule has 2 heterocycles. The van der Waals surface area contributed by atoms with E-state index in [4.69, 9.17) is 23.2 Å². The smallest absolute Gasteiger partial charge is 0.262 e. The highest BCUT2D eigenvalue weighted by Crippen LogP contribution is 2.23. The largest absolute Gasteiger partial charge is 0.313 e. The highest BCUT2D eigenvalue weighted by molar-refractivity contribution is 6.35. The zero-order chi connectivity index (χ0) is 12.0. The van der Waals surface area contributed by atoms with Crippen LogP contribution in [0.5, 0.6) is 0 Å². The van der Waals surface area contributed by atoms with Crippen molar-refractivity contribution in [2.45, 2.75) is 6.04 Å². The van der Waals surface area contributed by atoms with E-state index in [9.17, 15) is 4.79 Å². The number of benzene rings is 1. The molecule has 1 saturated heterocycles. The molecule has 0 bridgehead atoms. The number of fused-ring (bicyclic) bond motifs is 1. The first-order valence-electron chi connectivity index (χ1n) is 5.25. The van der Waals surface area contributed by atoms with Gasteiger partial charge in [0.15, 0.2) is 0 Å². The number of halogens is 2. The third kappa shape index (κ3) is 1.64. The van der Waals surface area contributed by atoms with Crippen LogP contribution in [-0.4, -0.2) is 22.6 Å². The highest BCUT2D eigenvalue weighted by Gasteiger charge is 2.24. The molecular formula is C11H9Cl2N3O. The van der Waals surface area contributed by atoms with Gasteiger partial charge in [0.2, 0.25) is 5.28 Å². The lowest BCUT2D eigenvalue weighted by Crippen LogP contribution is -2.47. The zero-order valence-electron chi connectivity index (χ0n) is 8.78. The molecule has 0 unspecified atom stereocenters. The summed E-state index contributed by atoms with van der Waals surface area (Å²) in [5, 5.41) is 4.25. The number of para-hydroxylation sites is 1. The van der Waals surface area contributed by atoms with Crippen LogP contribution in [-0.2, 0) is 0 Å². The third-order valence-corrected chi connectivity index (χ3v) is 3.54. The molecule has 1 aromatic heterocycles. The van der Waals surface area contributed by atoms with Gasteiger partial charge in [0, 0.05) is 13.1 Å². The van der Waals surface area contributed by atoms with Crippen molar-refractivity contribution < 1.29 is 0 Å². The van der Waals surface area contributed by atoms with Gasteiger partial charge in [-0.3, -0.25) is 9.36 Å². The van der Waals surface area contributed by atoms with Crippen LogP contribution in [0, 0.1) is 0 Å². The summed E-state index contributed by atoms with van der Waals surface area (Å²) >= 11 is 12.1. The van der Waals surface area contributed by atoms with Crippen LogP contribution in [0.1, 0.15) is 6.04 Å². The maximum atomic E-state index is 12.3. The van der Waals surface area contributed by atoms with Crippen molar-refractivity contribution in [3.8, 4) is 0 Å². The number of hydrogen-bond donors (Lipinski definition) is 1. The van der Waals surface area contributed by atoms with E-state index in [1.807, 2.05) is 0 Å². The predicted octanol–water partition coefficient (Wildman–Crippen LogP) is 1.85. The molecule has 0 amide bonds. The number of rotatable bonds is 1. The Morgan fingerprint density at radius 2 is 2.12 bits per heavy atom. The molecule has 4 nitrogen and oxygen atoms in total. The van der Waals surface area contributed by atoms with E-state index in [0.717, 1.165) is 13.1 Å². The minimum Gasteiger partial charge on any atom is -0.313 e. The van der Waals surface area contributed by atoms with Gasteiger partial charge in [-0.2, -0.15) is 0 Å². The Morgan fingerprint density at radius 3 is 2.76 bits per heavy atom. The van der Waals surface area contributed by atoms with Crippen LogP contribution in [0.4, 0.5) is 0 Å². The SMILES string of the molecule is O=c1c2cccc(Cl)c2nc(Cl)n1C1CNC1. The molecule has 0 atom stereocenters. The molecule has 0 saturated carbocycles. The average molecular weight is 270 g/mol. The first-order valence-corrected chi connectivity index (χ1v) is 6.01. The van der Waals surface area contributed by atoms with E-state index in [1.54, 1.807) is 18.2 Å². The average Bonchev–Trinajstić information content (AvgIpc) is 2.23. The summed E-state index contributed by atoms with van der Waals surface area (Å²) in [5.74, 6) is 0. The number of hydrogen-bond acceptors (Lipinski definition) is 3. The van der Waals surface area contributed by atoms with Crippen LogP contribution in [0.2, 0.25) is 10.3 Å². The molecule has 0 spiro atoms. The Morgan fingerprint density at radius 1 is 1.35 bits per heavy atom. The summed E-state index contributed by atoms with van der Waals surface area (Å²) < 4.78 is 1.52. The lowest BCUT2D eigenvalue weighted by molar-refractivity contribution is 0.335. The molecule has 1 fully saturated rings. The summed E-state index contributed by atoms with van der Waals surface area (Å²) in [7, 11) is 0. The first kappa shape index (κ1) is 11.0. The van der Waals surface area contributed by atoms with Gasteiger partial charge in [0.1, 0.15) is 0 Å². The fourth-order valence-electron chi connectivity index (χ4n) is 1.93. The van der Waals surface area contributed by atoms with Gasteiger partial charge < -0.3 is 5.32 Å². The number of nitrogens with one attached hydrogen (secondary N) is 1. The van der Waals surface area contributed by atoms with Gasteiger partial charge in [-0.15, -0.1) is 0 Å². The lowest BCUT2D eigenvalue weighted by Gasteiger charge is -2.29. The topological polar surface area (TPSA) is 46.9 Å². The molecule has 1 aromatic carbocycles. The first-order chi connectivity index (χ1) is 8.18. The second-order valence-electron chi connectivity index (χ2n) is 4.00. The molecule has 2 aromatic rings. The fraction of sp³-hybridized carbons (Fsp3) is 0.273. The van der Waals surface area contributed by atoms with Gasteiger partial charge in [-0.25, -0.2) is 4.98 Å². The summed E-state index contributed by atoms with van der Waals surface area (Å²) in [6, 6.07) is 5.24. The van der Waals surface area contributed by atoms with Crippen LogP contribution in [0.3, 0.4) is 0 Å². The Kier molecular flexibility index (Phi) is 2.58. The molecule has 3 rings (SSSR count). The van der Waals surface area contributed by atoms with Crippen molar-refractivity contribution >= 4 is 34.1 Å². The second-order valence-corrected chi connectivity index (χ2v) is 4.75. The Labute approximate surface area is 107 Å². The normalized spacial score (nSPS) is 16.1. The highest BCUT2D eigenvalue weighted by atomic mass is 35.5. The van der Waals surface area contributed by atoms with Gasteiger partial charge in [0.25, 0.3) is 5.56 Å². The standard InChI is InChI=1S/C11H9Cl2N3O/c12-8-3-1-2-7-9(8)15-11(13)16(10(7)17)6-4-14-5-6/h1-3,6,14H,4-5H2. The van der Waals surface area contributed by atoms with Crippen molar-refractivity contribution in [1.82, 2.24) is 14.9 Å². The van der Waals surface area contributed by atoms with E-state index in [0.29, 0.717) is 15.9 Å². The van der Waals surface area contributed by atoms with Crippen molar-refractivity contribution in [2.75, 3.05) is 13.1 Å². The van der Waals surface area contributed by atoms with Gasteiger partial charge in [-0.1, -0.05) is 17.7 Å². The molecule has 0 radical (unpaired) electrons. The Hall–Kier alpha value is -1.10. The number of aromatic nitrogens is 2. The maximum absolute atomic E-state index is 12.3. The number of nitrogens with zero attached hydrogens (tertiary/aromatic N) is 2. The van der Waals surface area contributed by atoms with Crippen molar-refractivity contribution in [3.63, 3.8) is 0 Å². The van der Waals surface area contributed by atoms with E-state index in [-0.39, 0.29) is 16.9 Å². The van der Waals surface area contributed by atoms with Gasteiger partial charge >= 0.3 is 0 Å². The Balaban J connectivity index is 2.35. The van der Waals surface area contributed by atoms with Crippen molar-refractivity contribution in [1.29, 1.82) is 0 Å². The van der Waals surface area contributed by atoms with Gasteiger partial charge in [-0.05, 0) is 23.7 Å². The van der Waals surface area contributed by atoms with Crippen LogP contribution >= 0.6 is 23.2 Å². The summed E-state index contributed by atoms with van der Waals surface area (Å²) in [6.45, 7) is 1.49. The molecule has 1 aliphatic rings. The minimum absolute atomic E-state index is 0.0888. The summed E-state index contributed by atoms with van der Waals surface area (Å²) in [5.41, 5.74) is 0.335. The molecule has 17 heavy (non-hydrogen) atoms. The van der Waals surface area contributed by atoms with E-state index in [1.165, 1.54) is 4.57 Å². The quantitative estimate of drug-likeness (QED) is 0.804. The van der Waals surface area contributed by atoms with Crippen LogP contribution in [0.25, 0.3) is 10.9 Å². The van der Waals surface area contributed by atoms with Crippen molar-refractivity contribution in [3.05, 3.63) is 38.9 Å². The molecule has 1 N–H and O–H groups in total. The van der Waals surface area contributed by atoms with E-state index in [2.05, 4.69) is 10.3 Å². The van der Waals surface area contributed by atoms with E-state index >= 15 is 0 Å². The lowest BCUT2D eigenvalue weighted by atomic mass is 10.1. The predicted molar refractivity (Wildman–Crippen MR) is 67.9 cm³/mol. The monoisotopic (exact) mass is 269 g/mol. The zero-order valence-corrected chi connectivity index (χ0v) is 10.3. The molecule has 6 heteroatoms. The second kappa shape index (κ2) is 3.98. The Bertz CT molecular complexity index is 649.